The molecule has 0 saturated heterocycles. The molecule has 108 valence electrons. The van der Waals surface area contributed by atoms with Crippen LogP contribution < -0.4 is 5.32 Å². The first-order chi connectivity index (χ1) is 9.91. The lowest BCUT2D eigenvalue weighted by molar-refractivity contribution is 0.0698. The van der Waals surface area contributed by atoms with Gasteiger partial charge in [-0.3, -0.25) is 4.79 Å². The number of halogens is 3. The second kappa shape index (κ2) is 6.24. The molecule has 0 bridgehead atoms. The van der Waals surface area contributed by atoms with Gasteiger partial charge in [-0.05, 0) is 40.2 Å². The van der Waals surface area contributed by atoms with Gasteiger partial charge in [-0.15, -0.1) is 0 Å². The lowest BCUT2D eigenvalue weighted by Crippen LogP contribution is -2.16. The summed E-state index contributed by atoms with van der Waals surface area (Å²) in [6.45, 7) is 0. The van der Waals surface area contributed by atoms with Crippen LogP contribution >= 0.6 is 27.5 Å². The van der Waals surface area contributed by atoms with Crippen molar-refractivity contribution in [2.75, 3.05) is 5.32 Å². The van der Waals surface area contributed by atoms with Gasteiger partial charge in [0.1, 0.15) is 0 Å². The zero-order chi connectivity index (χ0) is 15.6. The van der Waals surface area contributed by atoms with Crippen molar-refractivity contribution in [2.24, 2.45) is 0 Å². The van der Waals surface area contributed by atoms with Crippen LogP contribution in [0.15, 0.2) is 40.9 Å². The highest BCUT2D eigenvalue weighted by Crippen LogP contribution is 2.28. The normalized spacial score (nSPS) is 10.2. The number of carboxylic acid groups (broad SMARTS) is 1. The van der Waals surface area contributed by atoms with E-state index >= 15 is 0 Å². The van der Waals surface area contributed by atoms with Gasteiger partial charge in [0.25, 0.3) is 5.91 Å². The fraction of sp³-hybridized carbons (Fsp3) is 0. The summed E-state index contributed by atoms with van der Waals surface area (Å²) in [6.07, 6.45) is 0. The molecular formula is C14H8BrClFNO3. The molecular weight excluding hydrogens is 365 g/mol. The van der Waals surface area contributed by atoms with Crippen molar-refractivity contribution in [3.63, 3.8) is 0 Å². The molecule has 0 unspecified atom stereocenters. The Morgan fingerprint density at radius 3 is 2.43 bits per heavy atom. The molecule has 7 heteroatoms. The number of nitrogens with one attached hydrogen (secondary N) is 1. The molecule has 0 spiro atoms. The first-order valence-electron chi connectivity index (χ1n) is 5.69. The molecule has 4 nitrogen and oxygen atoms in total. The van der Waals surface area contributed by atoms with Gasteiger partial charge in [0.2, 0.25) is 0 Å². The molecule has 2 aromatic carbocycles. The smallest absolute Gasteiger partial charge is 0.337 e. The van der Waals surface area contributed by atoms with Crippen molar-refractivity contribution < 1.29 is 19.1 Å². The van der Waals surface area contributed by atoms with Gasteiger partial charge < -0.3 is 10.4 Å². The minimum Gasteiger partial charge on any atom is -0.478 e. The van der Waals surface area contributed by atoms with Gasteiger partial charge in [-0.1, -0.05) is 23.7 Å². The first kappa shape index (κ1) is 15.5. The van der Waals surface area contributed by atoms with Gasteiger partial charge in [0.15, 0.2) is 5.82 Å². The zero-order valence-corrected chi connectivity index (χ0v) is 12.7. The summed E-state index contributed by atoms with van der Waals surface area (Å²) in [4.78, 5) is 23.2. The van der Waals surface area contributed by atoms with Gasteiger partial charge in [0.05, 0.1) is 21.8 Å². The summed E-state index contributed by atoms with van der Waals surface area (Å²) in [6, 6.07) is 8.41. The number of anilines is 1. The Labute approximate surface area is 132 Å². The molecule has 0 radical (unpaired) electrons. The predicted octanol–water partition coefficient (Wildman–Crippen LogP) is 4.19. The average molecular weight is 373 g/mol. The van der Waals surface area contributed by atoms with Gasteiger partial charge in [0, 0.05) is 4.47 Å². The quantitative estimate of drug-likeness (QED) is 0.849. The van der Waals surface area contributed by atoms with E-state index in [1.165, 1.54) is 30.3 Å². The Bertz CT molecular complexity index is 736. The molecule has 0 aliphatic carbocycles. The van der Waals surface area contributed by atoms with Crippen LogP contribution in [-0.2, 0) is 0 Å². The SMILES string of the molecule is O=C(Nc1c(Br)cccc1C(=O)O)c1cccc(Cl)c1F. The van der Waals surface area contributed by atoms with Crippen molar-refractivity contribution >= 4 is 45.1 Å². The monoisotopic (exact) mass is 371 g/mol. The molecule has 21 heavy (non-hydrogen) atoms. The van der Waals surface area contributed by atoms with Crippen LogP contribution in [0.25, 0.3) is 0 Å². The number of carbonyl (C=O) groups excluding carboxylic acids is 1. The van der Waals surface area contributed by atoms with Crippen LogP contribution in [0, 0.1) is 5.82 Å². The van der Waals surface area contributed by atoms with Crippen LogP contribution in [0.3, 0.4) is 0 Å². The lowest BCUT2D eigenvalue weighted by Gasteiger charge is -2.11. The molecule has 0 saturated carbocycles. The Morgan fingerprint density at radius 1 is 1.14 bits per heavy atom. The second-order valence-electron chi connectivity index (χ2n) is 4.02. The molecule has 2 rings (SSSR count). The van der Waals surface area contributed by atoms with Crippen molar-refractivity contribution in [2.45, 2.75) is 0 Å². The maximum atomic E-state index is 13.8. The number of hydrogen-bond acceptors (Lipinski definition) is 2. The Balaban J connectivity index is 2.41. The molecule has 0 atom stereocenters. The topological polar surface area (TPSA) is 66.4 Å². The summed E-state index contributed by atoms with van der Waals surface area (Å²) in [7, 11) is 0. The standard InChI is InChI=1S/C14H8BrClFNO3/c15-9-5-1-4-8(14(20)21)12(9)18-13(19)7-3-2-6-10(16)11(7)17/h1-6H,(H,18,19)(H,20,21). The van der Waals surface area contributed by atoms with E-state index in [4.69, 9.17) is 16.7 Å². The summed E-state index contributed by atoms with van der Waals surface area (Å²) < 4.78 is 14.2. The minimum atomic E-state index is -1.21. The third kappa shape index (κ3) is 3.22. The fourth-order valence-corrected chi connectivity index (χ4v) is 2.33. The van der Waals surface area contributed by atoms with Gasteiger partial charge in [-0.25, -0.2) is 9.18 Å². The van der Waals surface area contributed by atoms with E-state index in [1.807, 2.05) is 0 Å². The number of carbonyl (C=O) groups is 2. The maximum Gasteiger partial charge on any atom is 0.337 e. The highest BCUT2D eigenvalue weighted by Gasteiger charge is 2.19. The van der Waals surface area contributed by atoms with Crippen molar-refractivity contribution in [1.82, 2.24) is 0 Å². The zero-order valence-electron chi connectivity index (χ0n) is 10.4. The number of benzene rings is 2. The van der Waals surface area contributed by atoms with E-state index in [9.17, 15) is 14.0 Å². The Morgan fingerprint density at radius 2 is 1.76 bits per heavy atom. The number of amides is 1. The van der Waals surface area contributed by atoms with E-state index in [0.717, 1.165) is 0 Å². The largest absolute Gasteiger partial charge is 0.478 e. The molecule has 0 heterocycles. The Hall–Kier alpha value is -1.92. The van der Waals surface area contributed by atoms with Crippen molar-refractivity contribution in [1.29, 1.82) is 0 Å². The van der Waals surface area contributed by atoms with Gasteiger partial charge in [-0.2, -0.15) is 0 Å². The van der Waals surface area contributed by atoms with Gasteiger partial charge >= 0.3 is 5.97 Å². The summed E-state index contributed by atoms with van der Waals surface area (Å²) in [5.41, 5.74) is -0.330. The number of carboxylic acids is 1. The number of rotatable bonds is 3. The van der Waals surface area contributed by atoms with E-state index in [0.29, 0.717) is 4.47 Å². The molecule has 0 aliphatic heterocycles. The minimum absolute atomic E-state index is 0.0503. The molecule has 0 aromatic heterocycles. The number of para-hydroxylation sites is 1. The van der Waals surface area contributed by atoms with E-state index in [1.54, 1.807) is 6.07 Å². The highest BCUT2D eigenvalue weighted by molar-refractivity contribution is 9.10. The van der Waals surface area contributed by atoms with E-state index in [2.05, 4.69) is 21.2 Å². The fourth-order valence-electron chi connectivity index (χ4n) is 1.69. The van der Waals surface area contributed by atoms with Crippen molar-refractivity contribution in [3.05, 3.63) is 62.8 Å². The average Bonchev–Trinajstić information content (AvgIpc) is 2.43. The lowest BCUT2D eigenvalue weighted by atomic mass is 10.1. The summed E-state index contributed by atoms with van der Waals surface area (Å²) in [5.74, 6) is -2.86. The Kier molecular flexibility index (Phi) is 4.59. The van der Waals surface area contributed by atoms with Crippen LogP contribution in [0.4, 0.5) is 10.1 Å². The summed E-state index contributed by atoms with van der Waals surface area (Å²) >= 11 is 8.77. The first-order valence-corrected chi connectivity index (χ1v) is 6.86. The highest BCUT2D eigenvalue weighted by atomic mass is 79.9. The maximum absolute atomic E-state index is 13.8. The van der Waals surface area contributed by atoms with Crippen LogP contribution in [0.2, 0.25) is 5.02 Å². The van der Waals surface area contributed by atoms with Crippen LogP contribution in [0.1, 0.15) is 20.7 Å². The molecule has 2 N–H and O–H groups in total. The molecule has 2 aromatic rings. The van der Waals surface area contributed by atoms with E-state index < -0.39 is 17.7 Å². The van der Waals surface area contributed by atoms with Crippen LogP contribution in [-0.4, -0.2) is 17.0 Å². The number of hydrogen-bond donors (Lipinski definition) is 2. The van der Waals surface area contributed by atoms with E-state index in [-0.39, 0.29) is 21.8 Å². The molecule has 0 aliphatic rings. The number of aromatic carboxylic acids is 1. The third-order valence-electron chi connectivity index (χ3n) is 2.68. The van der Waals surface area contributed by atoms with Crippen molar-refractivity contribution in [3.8, 4) is 0 Å². The van der Waals surface area contributed by atoms with Crippen LogP contribution in [0.5, 0.6) is 0 Å². The summed E-state index contributed by atoms with van der Waals surface area (Å²) in [5, 5.41) is 11.3. The predicted molar refractivity (Wildman–Crippen MR) is 80.5 cm³/mol. The second-order valence-corrected chi connectivity index (χ2v) is 5.28. The molecule has 0 fully saturated rings. The molecule has 1 amide bonds. The third-order valence-corrected chi connectivity index (χ3v) is 3.63.